The van der Waals surface area contributed by atoms with Crippen LogP contribution in [0.3, 0.4) is 0 Å². The Labute approximate surface area is 76.4 Å². The molecule has 0 aliphatic rings. The van der Waals surface area contributed by atoms with Crippen LogP contribution in [0.1, 0.15) is 17.4 Å². The van der Waals surface area contributed by atoms with Gasteiger partial charge in [-0.05, 0) is 0 Å². The van der Waals surface area contributed by atoms with Crippen LogP contribution < -0.4 is 3.53 Å². The number of hydrogen-bond donors (Lipinski definition) is 1. The molecule has 0 atom stereocenters. The minimum absolute atomic E-state index is 0.00847. The summed E-state index contributed by atoms with van der Waals surface area (Å²) >= 11 is 3.40. The van der Waals surface area contributed by atoms with E-state index in [1.54, 1.807) is 5.38 Å². The Kier molecular flexibility index (Phi) is 2.61. The first-order chi connectivity index (χ1) is 4.74. The van der Waals surface area contributed by atoms with E-state index in [2.05, 4.69) is 8.51 Å². The lowest BCUT2D eigenvalue weighted by molar-refractivity contribution is 0.101. The van der Waals surface area contributed by atoms with Gasteiger partial charge in [0.25, 0.3) is 0 Å². The number of nitrogens with zero attached hydrogens (tertiary/aromatic N) is 1. The minimum Gasteiger partial charge on any atom is -0.304 e. The van der Waals surface area contributed by atoms with Gasteiger partial charge < -0.3 is 3.53 Å². The standard InChI is InChI=1S/C5H5IN2OS/c1-3(9)4-2-10-5(7-4)8-6/h2H,1H3,(H,7,8). The number of rotatable bonds is 2. The first-order valence-corrected chi connectivity index (χ1v) is 4.53. The SMILES string of the molecule is CC(=O)c1csc(NI)n1. The fourth-order valence-electron chi connectivity index (χ4n) is 0.479. The van der Waals surface area contributed by atoms with Gasteiger partial charge >= 0.3 is 0 Å². The van der Waals surface area contributed by atoms with Crippen molar-refractivity contribution in [1.82, 2.24) is 4.98 Å². The highest BCUT2D eigenvalue weighted by Gasteiger charge is 2.03. The maximum atomic E-state index is 10.7. The lowest BCUT2D eigenvalue weighted by atomic mass is 10.4. The molecule has 0 fully saturated rings. The number of halogens is 1. The van der Waals surface area contributed by atoms with E-state index < -0.39 is 0 Å². The van der Waals surface area contributed by atoms with E-state index in [0.717, 1.165) is 5.13 Å². The van der Waals surface area contributed by atoms with Crippen LogP contribution in [0.25, 0.3) is 0 Å². The zero-order chi connectivity index (χ0) is 7.56. The van der Waals surface area contributed by atoms with Gasteiger partial charge in [0.2, 0.25) is 0 Å². The molecule has 1 aromatic rings. The molecule has 3 nitrogen and oxygen atoms in total. The number of ketones is 1. The van der Waals surface area contributed by atoms with Crippen molar-refractivity contribution in [3.63, 3.8) is 0 Å². The summed E-state index contributed by atoms with van der Waals surface area (Å²) in [7, 11) is 0. The zero-order valence-corrected chi connectivity index (χ0v) is 8.19. The maximum Gasteiger partial charge on any atom is 0.192 e. The molecule has 0 radical (unpaired) electrons. The number of hydrogen-bond acceptors (Lipinski definition) is 4. The molecule has 0 amide bonds. The van der Waals surface area contributed by atoms with Gasteiger partial charge in [-0.15, -0.1) is 11.3 Å². The van der Waals surface area contributed by atoms with Crippen molar-refractivity contribution in [2.75, 3.05) is 3.53 Å². The number of nitrogens with one attached hydrogen (secondary N) is 1. The van der Waals surface area contributed by atoms with Gasteiger partial charge in [0, 0.05) is 12.3 Å². The van der Waals surface area contributed by atoms with Crippen LogP contribution in [0.4, 0.5) is 5.13 Å². The highest BCUT2D eigenvalue weighted by atomic mass is 127. The smallest absolute Gasteiger partial charge is 0.192 e. The second-order valence-corrected chi connectivity index (χ2v) is 3.09. The van der Waals surface area contributed by atoms with E-state index in [4.69, 9.17) is 0 Å². The third-order valence-corrected chi connectivity index (χ3v) is 2.58. The summed E-state index contributed by atoms with van der Waals surface area (Å²) in [6.07, 6.45) is 0. The third kappa shape index (κ3) is 1.66. The zero-order valence-electron chi connectivity index (χ0n) is 5.22. The normalized spacial score (nSPS) is 9.40. The lowest BCUT2D eigenvalue weighted by Gasteiger charge is -1.84. The Morgan fingerprint density at radius 1 is 1.90 bits per heavy atom. The Morgan fingerprint density at radius 3 is 2.90 bits per heavy atom. The molecular weight excluding hydrogens is 263 g/mol. The van der Waals surface area contributed by atoms with Crippen molar-refractivity contribution in [2.45, 2.75) is 6.92 Å². The van der Waals surface area contributed by atoms with E-state index in [1.807, 2.05) is 22.9 Å². The van der Waals surface area contributed by atoms with E-state index in [-0.39, 0.29) is 5.78 Å². The number of thiazole rings is 1. The van der Waals surface area contributed by atoms with Gasteiger partial charge in [-0.2, -0.15) is 0 Å². The molecule has 0 bridgehead atoms. The Bertz CT molecular complexity index is 248. The summed E-state index contributed by atoms with van der Waals surface area (Å²) in [6, 6.07) is 0. The van der Waals surface area contributed by atoms with Crippen LogP contribution in [-0.4, -0.2) is 10.8 Å². The molecule has 0 unspecified atom stereocenters. The summed E-state index contributed by atoms with van der Waals surface area (Å²) in [6.45, 7) is 1.51. The average molecular weight is 268 g/mol. The van der Waals surface area contributed by atoms with Gasteiger partial charge in [0.05, 0.1) is 22.9 Å². The Hall–Kier alpha value is -0.170. The molecule has 1 aromatic heterocycles. The van der Waals surface area contributed by atoms with Gasteiger partial charge in [-0.3, -0.25) is 4.79 Å². The van der Waals surface area contributed by atoms with E-state index in [9.17, 15) is 4.79 Å². The molecule has 0 aliphatic heterocycles. The van der Waals surface area contributed by atoms with Crippen LogP contribution in [-0.2, 0) is 0 Å². The summed E-state index contributed by atoms with van der Waals surface area (Å²) in [4.78, 5) is 14.7. The Morgan fingerprint density at radius 2 is 2.60 bits per heavy atom. The number of Topliss-reactive ketones (excluding diaryl/α,β-unsaturated/α-hetero) is 1. The molecular formula is C5H5IN2OS. The van der Waals surface area contributed by atoms with Crippen molar-refractivity contribution >= 4 is 45.1 Å². The first kappa shape index (κ1) is 7.93. The van der Waals surface area contributed by atoms with E-state index in [0.29, 0.717) is 5.69 Å². The van der Waals surface area contributed by atoms with Gasteiger partial charge in [0.15, 0.2) is 10.9 Å². The molecule has 1 rings (SSSR count). The average Bonchev–Trinajstić information content (AvgIpc) is 2.34. The lowest BCUT2D eigenvalue weighted by Crippen LogP contribution is -1.91. The predicted molar refractivity (Wildman–Crippen MR) is 49.8 cm³/mol. The van der Waals surface area contributed by atoms with Crippen molar-refractivity contribution in [3.05, 3.63) is 11.1 Å². The molecule has 1 N–H and O–H groups in total. The van der Waals surface area contributed by atoms with Gasteiger partial charge in [0.1, 0.15) is 5.69 Å². The highest BCUT2D eigenvalue weighted by Crippen LogP contribution is 2.16. The van der Waals surface area contributed by atoms with Crippen LogP contribution in [0.15, 0.2) is 5.38 Å². The number of carbonyl (C=O) groups excluding carboxylic acids is 1. The summed E-state index contributed by atoms with van der Waals surface area (Å²) in [5, 5.41) is 2.51. The number of carbonyl (C=O) groups is 1. The summed E-state index contributed by atoms with van der Waals surface area (Å²) in [5.74, 6) is 0.00847. The molecule has 0 aliphatic carbocycles. The van der Waals surface area contributed by atoms with Crippen molar-refractivity contribution < 1.29 is 4.79 Å². The minimum atomic E-state index is 0.00847. The molecule has 0 aromatic carbocycles. The van der Waals surface area contributed by atoms with Crippen molar-refractivity contribution in [3.8, 4) is 0 Å². The summed E-state index contributed by atoms with van der Waals surface area (Å²) < 4.78 is 2.83. The fraction of sp³-hybridized carbons (Fsp3) is 0.200. The van der Waals surface area contributed by atoms with Crippen molar-refractivity contribution in [1.29, 1.82) is 0 Å². The molecule has 0 saturated heterocycles. The second-order valence-electron chi connectivity index (χ2n) is 1.69. The highest BCUT2D eigenvalue weighted by molar-refractivity contribution is 14.1. The molecule has 10 heavy (non-hydrogen) atoms. The number of anilines is 1. The van der Waals surface area contributed by atoms with Crippen LogP contribution in [0.5, 0.6) is 0 Å². The molecule has 0 saturated carbocycles. The molecule has 1 heterocycles. The predicted octanol–water partition coefficient (Wildman–Crippen LogP) is 2.11. The maximum absolute atomic E-state index is 10.7. The van der Waals surface area contributed by atoms with Crippen LogP contribution in [0, 0.1) is 0 Å². The van der Waals surface area contributed by atoms with Gasteiger partial charge in [-0.1, -0.05) is 0 Å². The third-order valence-electron chi connectivity index (χ3n) is 0.946. The largest absolute Gasteiger partial charge is 0.304 e. The Balaban J connectivity index is 2.88. The first-order valence-electron chi connectivity index (χ1n) is 2.57. The quantitative estimate of drug-likeness (QED) is 0.507. The molecule has 5 heteroatoms. The van der Waals surface area contributed by atoms with E-state index in [1.165, 1.54) is 18.3 Å². The van der Waals surface area contributed by atoms with Gasteiger partial charge in [-0.25, -0.2) is 4.98 Å². The van der Waals surface area contributed by atoms with E-state index >= 15 is 0 Å². The number of aromatic nitrogens is 1. The van der Waals surface area contributed by atoms with Crippen LogP contribution >= 0.6 is 34.2 Å². The summed E-state index contributed by atoms with van der Waals surface area (Å²) in [5.41, 5.74) is 0.532. The topological polar surface area (TPSA) is 42.0 Å². The molecule has 54 valence electrons. The molecule has 0 spiro atoms. The monoisotopic (exact) mass is 268 g/mol. The van der Waals surface area contributed by atoms with Crippen molar-refractivity contribution in [2.24, 2.45) is 0 Å². The van der Waals surface area contributed by atoms with Crippen LogP contribution in [0.2, 0.25) is 0 Å². The fourth-order valence-corrected chi connectivity index (χ4v) is 1.62. The second kappa shape index (κ2) is 3.29.